The predicted molar refractivity (Wildman–Crippen MR) is 117 cm³/mol. The number of benzene rings is 1. The van der Waals surface area contributed by atoms with Crippen LogP contribution in [0.2, 0.25) is 0 Å². The van der Waals surface area contributed by atoms with E-state index < -0.39 is 11.9 Å². The van der Waals surface area contributed by atoms with Gasteiger partial charge in [-0.1, -0.05) is 20.3 Å². The second-order valence-corrected chi connectivity index (χ2v) is 11.9. The van der Waals surface area contributed by atoms with Gasteiger partial charge in [-0.05, 0) is 98.8 Å². The van der Waals surface area contributed by atoms with Crippen molar-refractivity contribution in [2.75, 3.05) is 6.61 Å². The fraction of sp³-hybridized carbons (Fsp3) is 0.769. The SMILES string of the molecule is C[C@]12CCC[C@@]3(CO[C@@H]1O)[C@H]2CC[C@]1(C)[C@@H]3CC[C@](C)(O)[C@H]1Cc1cc(O)ccc1O. The molecule has 5 heteroatoms. The fourth-order valence-electron chi connectivity index (χ4n) is 8.88. The van der Waals surface area contributed by atoms with Gasteiger partial charge in [0.05, 0.1) is 12.2 Å². The van der Waals surface area contributed by atoms with E-state index in [9.17, 15) is 20.4 Å². The lowest BCUT2D eigenvalue weighted by molar-refractivity contribution is -0.327. The van der Waals surface area contributed by atoms with E-state index in [4.69, 9.17) is 4.74 Å². The highest BCUT2D eigenvalue weighted by atomic mass is 16.6. The Morgan fingerprint density at radius 2 is 1.68 bits per heavy atom. The highest BCUT2D eigenvalue weighted by Crippen LogP contribution is 2.72. The summed E-state index contributed by atoms with van der Waals surface area (Å²) in [5, 5.41) is 42.8. The lowest BCUT2D eigenvalue weighted by Crippen LogP contribution is -2.68. The van der Waals surface area contributed by atoms with Crippen LogP contribution in [0.5, 0.6) is 11.5 Å². The Labute approximate surface area is 185 Å². The molecule has 3 saturated carbocycles. The molecule has 5 nitrogen and oxygen atoms in total. The Bertz CT molecular complexity index is 867. The van der Waals surface area contributed by atoms with Gasteiger partial charge < -0.3 is 25.2 Å². The van der Waals surface area contributed by atoms with Crippen molar-refractivity contribution in [1.82, 2.24) is 0 Å². The van der Waals surface area contributed by atoms with Gasteiger partial charge in [0.25, 0.3) is 0 Å². The molecule has 1 saturated heterocycles. The summed E-state index contributed by atoms with van der Waals surface area (Å²) in [7, 11) is 0. The van der Waals surface area contributed by atoms with Gasteiger partial charge in [0.2, 0.25) is 0 Å². The standard InChI is InChI=1S/C26H38O5/c1-23-11-7-20-24(2)9-4-10-26(20,15-31-22(24)29)19(23)8-12-25(3,30)21(23)14-16-13-17(27)5-6-18(16)28/h5-6,13,19-22,27-30H,4,7-12,14-15H2,1-3H3/t19-,20-,21-,22-,23+,24+,25-,26-/m0/s1. The summed E-state index contributed by atoms with van der Waals surface area (Å²) in [4.78, 5) is 0. The molecular weight excluding hydrogens is 392 g/mol. The Morgan fingerprint density at radius 1 is 0.968 bits per heavy atom. The van der Waals surface area contributed by atoms with Crippen molar-refractivity contribution in [3.8, 4) is 11.5 Å². The summed E-state index contributed by atoms with van der Waals surface area (Å²) in [6, 6.07) is 4.68. The van der Waals surface area contributed by atoms with Crippen molar-refractivity contribution < 1.29 is 25.2 Å². The number of rotatable bonds is 2. The number of ether oxygens (including phenoxy) is 1. The number of hydrogen-bond acceptors (Lipinski definition) is 5. The minimum atomic E-state index is -0.834. The molecule has 1 aliphatic heterocycles. The lowest BCUT2D eigenvalue weighted by atomic mass is 9.37. The van der Waals surface area contributed by atoms with Crippen LogP contribution in [0.1, 0.15) is 71.3 Å². The molecule has 1 aromatic carbocycles. The number of fused-ring (bicyclic) bond motifs is 1. The Balaban J connectivity index is 1.55. The zero-order valence-corrected chi connectivity index (χ0v) is 19.1. The van der Waals surface area contributed by atoms with E-state index in [1.807, 2.05) is 6.92 Å². The minimum Gasteiger partial charge on any atom is -0.508 e. The van der Waals surface area contributed by atoms with Gasteiger partial charge in [-0.3, -0.25) is 0 Å². The first-order valence-corrected chi connectivity index (χ1v) is 12.1. The number of aliphatic hydroxyl groups excluding tert-OH is 1. The molecule has 4 aliphatic rings. The van der Waals surface area contributed by atoms with Gasteiger partial charge in [0.1, 0.15) is 11.5 Å². The van der Waals surface area contributed by atoms with Crippen LogP contribution in [0.4, 0.5) is 0 Å². The van der Waals surface area contributed by atoms with Crippen molar-refractivity contribution in [2.24, 2.45) is 34.0 Å². The number of phenols is 2. The fourth-order valence-corrected chi connectivity index (χ4v) is 8.88. The molecule has 0 radical (unpaired) electrons. The predicted octanol–water partition coefficient (Wildman–Crippen LogP) is 4.36. The number of aliphatic hydroxyl groups is 2. The maximum absolute atomic E-state index is 11.6. The van der Waals surface area contributed by atoms with Gasteiger partial charge in [-0.15, -0.1) is 0 Å². The average molecular weight is 431 g/mol. The summed E-state index contributed by atoms with van der Waals surface area (Å²) in [5.41, 5.74) is -0.360. The van der Waals surface area contributed by atoms with Crippen LogP contribution in [0.3, 0.4) is 0 Å². The maximum atomic E-state index is 11.6. The van der Waals surface area contributed by atoms with Crippen molar-refractivity contribution >= 4 is 0 Å². The molecule has 4 N–H and O–H groups in total. The molecule has 172 valence electrons. The summed E-state index contributed by atoms with van der Waals surface area (Å²) in [6.07, 6.45) is 6.88. The highest BCUT2D eigenvalue weighted by Gasteiger charge is 2.69. The quantitative estimate of drug-likeness (QED) is 0.524. The number of aromatic hydroxyl groups is 2. The lowest BCUT2D eigenvalue weighted by Gasteiger charge is -2.70. The molecular formula is C26H38O5. The van der Waals surface area contributed by atoms with Crippen LogP contribution < -0.4 is 0 Å². The smallest absolute Gasteiger partial charge is 0.160 e. The van der Waals surface area contributed by atoms with Crippen LogP contribution in [-0.4, -0.2) is 38.9 Å². The molecule has 1 heterocycles. The molecule has 0 aromatic heterocycles. The van der Waals surface area contributed by atoms with Crippen LogP contribution >= 0.6 is 0 Å². The Morgan fingerprint density at radius 3 is 2.45 bits per heavy atom. The topological polar surface area (TPSA) is 90.2 Å². The van der Waals surface area contributed by atoms with E-state index in [1.54, 1.807) is 12.1 Å². The molecule has 0 amide bonds. The Kier molecular flexibility index (Phi) is 4.76. The maximum Gasteiger partial charge on any atom is 0.160 e. The largest absolute Gasteiger partial charge is 0.508 e. The van der Waals surface area contributed by atoms with E-state index >= 15 is 0 Å². The van der Waals surface area contributed by atoms with Crippen molar-refractivity contribution in [1.29, 1.82) is 0 Å². The van der Waals surface area contributed by atoms with E-state index in [-0.39, 0.29) is 33.7 Å². The van der Waals surface area contributed by atoms with E-state index in [2.05, 4.69) is 13.8 Å². The molecule has 0 spiro atoms. The second kappa shape index (κ2) is 6.85. The van der Waals surface area contributed by atoms with Crippen LogP contribution in [-0.2, 0) is 11.2 Å². The molecule has 8 atom stereocenters. The third-order valence-corrected chi connectivity index (χ3v) is 10.4. The van der Waals surface area contributed by atoms with Crippen molar-refractivity contribution in [3.63, 3.8) is 0 Å². The normalized spacial score (nSPS) is 49.2. The first kappa shape index (κ1) is 21.5. The van der Waals surface area contributed by atoms with Crippen molar-refractivity contribution in [3.05, 3.63) is 23.8 Å². The molecule has 5 rings (SSSR count). The third kappa shape index (κ3) is 2.92. The average Bonchev–Trinajstić information content (AvgIpc) is 2.70. The van der Waals surface area contributed by atoms with Gasteiger partial charge in [0.15, 0.2) is 6.29 Å². The molecule has 3 aliphatic carbocycles. The molecule has 0 unspecified atom stereocenters. The minimum absolute atomic E-state index is 0.0261. The van der Waals surface area contributed by atoms with E-state index in [1.165, 1.54) is 6.07 Å². The van der Waals surface area contributed by atoms with Crippen LogP contribution in [0, 0.1) is 34.0 Å². The zero-order valence-electron chi connectivity index (χ0n) is 19.1. The molecule has 1 aromatic rings. The summed E-state index contributed by atoms with van der Waals surface area (Å²) < 4.78 is 6.06. The first-order chi connectivity index (χ1) is 14.5. The van der Waals surface area contributed by atoms with Gasteiger partial charge in [-0.25, -0.2) is 0 Å². The van der Waals surface area contributed by atoms with Crippen molar-refractivity contribution in [2.45, 2.75) is 84.0 Å². The third-order valence-electron chi connectivity index (χ3n) is 10.4. The molecule has 31 heavy (non-hydrogen) atoms. The summed E-state index contributed by atoms with van der Waals surface area (Å²) in [6.45, 7) is 7.13. The monoisotopic (exact) mass is 430 g/mol. The van der Waals surface area contributed by atoms with Crippen LogP contribution in [0.15, 0.2) is 18.2 Å². The molecule has 2 bridgehead atoms. The highest BCUT2D eigenvalue weighted by molar-refractivity contribution is 5.39. The van der Waals surface area contributed by atoms with E-state index in [0.29, 0.717) is 30.4 Å². The van der Waals surface area contributed by atoms with Gasteiger partial charge in [0, 0.05) is 10.8 Å². The van der Waals surface area contributed by atoms with Crippen LogP contribution in [0.25, 0.3) is 0 Å². The summed E-state index contributed by atoms with van der Waals surface area (Å²) in [5.74, 6) is 1.16. The first-order valence-electron chi connectivity index (χ1n) is 12.1. The van der Waals surface area contributed by atoms with Gasteiger partial charge in [-0.2, -0.15) is 0 Å². The Hall–Kier alpha value is -1.30. The zero-order chi connectivity index (χ0) is 22.2. The van der Waals surface area contributed by atoms with Gasteiger partial charge >= 0.3 is 0 Å². The second-order valence-electron chi connectivity index (χ2n) is 11.9. The number of phenolic OH excluding ortho intramolecular Hbond substituents is 2. The molecule has 4 fully saturated rings. The summed E-state index contributed by atoms with van der Waals surface area (Å²) >= 11 is 0. The number of hydrogen-bond donors (Lipinski definition) is 4. The van der Waals surface area contributed by atoms with E-state index in [0.717, 1.165) is 44.9 Å².